The highest BCUT2D eigenvalue weighted by Gasteiger charge is 2.38. The fourth-order valence-corrected chi connectivity index (χ4v) is 5.56. The number of rotatable bonds is 7. The van der Waals surface area contributed by atoms with Crippen molar-refractivity contribution in [3.05, 3.63) is 101 Å². The first-order valence-electron chi connectivity index (χ1n) is 13.6. The number of aryl methyl sites for hydroxylation is 2. The molecule has 4 aromatic carbocycles. The summed E-state index contributed by atoms with van der Waals surface area (Å²) in [7, 11) is 3.25. The molecular formula is C34H32N2O5. The lowest BCUT2D eigenvalue weighted by atomic mass is 9.90. The van der Waals surface area contributed by atoms with Crippen LogP contribution in [0.1, 0.15) is 39.5 Å². The number of aromatic nitrogens is 1. The summed E-state index contributed by atoms with van der Waals surface area (Å²) in [6, 6.07) is 23.0. The highest BCUT2D eigenvalue weighted by atomic mass is 16.5. The SMILES string of the molecule is COc1ccc(C(=O)Nc2cc(C)cc3c2OC(C)(Cc2cc(C)cc4nc(-c5ccc(OC)cc5)oc24)C3)cc1. The van der Waals surface area contributed by atoms with Gasteiger partial charge >= 0.3 is 0 Å². The fraction of sp³-hybridized carbons (Fsp3) is 0.235. The molecule has 0 saturated carbocycles. The van der Waals surface area contributed by atoms with Crippen molar-refractivity contribution in [1.29, 1.82) is 0 Å². The predicted molar refractivity (Wildman–Crippen MR) is 159 cm³/mol. The molecule has 6 rings (SSSR count). The number of ether oxygens (including phenoxy) is 3. The summed E-state index contributed by atoms with van der Waals surface area (Å²) in [6.07, 6.45) is 1.31. The number of nitrogens with one attached hydrogen (secondary N) is 1. The van der Waals surface area contributed by atoms with Crippen molar-refractivity contribution in [2.75, 3.05) is 19.5 Å². The molecule has 0 radical (unpaired) electrons. The molecule has 0 aliphatic carbocycles. The van der Waals surface area contributed by atoms with Crippen molar-refractivity contribution >= 4 is 22.7 Å². The molecule has 1 N–H and O–H groups in total. The molecule has 208 valence electrons. The van der Waals surface area contributed by atoms with Gasteiger partial charge in [0.05, 0.1) is 19.9 Å². The summed E-state index contributed by atoms with van der Waals surface area (Å²) in [5.41, 5.74) is 7.38. The minimum atomic E-state index is -0.538. The Balaban J connectivity index is 1.28. The monoisotopic (exact) mass is 548 g/mol. The van der Waals surface area contributed by atoms with E-state index in [9.17, 15) is 4.79 Å². The van der Waals surface area contributed by atoms with Gasteiger partial charge < -0.3 is 23.9 Å². The third-order valence-electron chi connectivity index (χ3n) is 7.44. The van der Waals surface area contributed by atoms with E-state index < -0.39 is 5.60 Å². The highest BCUT2D eigenvalue weighted by molar-refractivity contribution is 6.05. The molecule has 1 aliphatic heterocycles. The first-order valence-corrected chi connectivity index (χ1v) is 13.6. The minimum absolute atomic E-state index is 0.203. The maximum Gasteiger partial charge on any atom is 0.255 e. The van der Waals surface area contributed by atoms with Gasteiger partial charge in [-0.3, -0.25) is 4.79 Å². The van der Waals surface area contributed by atoms with Crippen molar-refractivity contribution in [1.82, 2.24) is 4.98 Å². The third-order valence-corrected chi connectivity index (χ3v) is 7.44. The molecule has 1 aromatic heterocycles. The average Bonchev–Trinajstić information content (AvgIpc) is 3.53. The second-order valence-electron chi connectivity index (χ2n) is 10.9. The number of fused-ring (bicyclic) bond motifs is 2. The zero-order chi connectivity index (χ0) is 28.7. The van der Waals surface area contributed by atoms with E-state index in [1.807, 2.05) is 43.3 Å². The number of amides is 1. The molecule has 0 fully saturated rings. The molecule has 0 bridgehead atoms. The van der Waals surface area contributed by atoms with Crippen LogP contribution in [0.4, 0.5) is 5.69 Å². The Morgan fingerprint density at radius 1 is 0.927 bits per heavy atom. The number of benzene rings is 4. The fourth-order valence-electron chi connectivity index (χ4n) is 5.56. The summed E-state index contributed by atoms with van der Waals surface area (Å²) in [4.78, 5) is 17.9. The number of anilines is 1. The predicted octanol–water partition coefficient (Wildman–Crippen LogP) is 7.32. The van der Waals surface area contributed by atoms with Gasteiger partial charge in [-0.2, -0.15) is 0 Å². The van der Waals surface area contributed by atoms with Crippen LogP contribution in [0.3, 0.4) is 0 Å². The summed E-state index contributed by atoms with van der Waals surface area (Å²) >= 11 is 0. The minimum Gasteiger partial charge on any atom is -0.497 e. The van der Waals surface area contributed by atoms with Crippen LogP contribution in [0.25, 0.3) is 22.6 Å². The van der Waals surface area contributed by atoms with Crippen LogP contribution < -0.4 is 19.5 Å². The number of carbonyl (C=O) groups is 1. The van der Waals surface area contributed by atoms with Crippen LogP contribution in [-0.4, -0.2) is 30.7 Å². The molecule has 1 unspecified atom stereocenters. The Kier molecular flexibility index (Phi) is 6.66. The topological polar surface area (TPSA) is 82.8 Å². The van der Waals surface area contributed by atoms with E-state index in [0.717, 1.165) is 44.7 Å². The number of hydrogen-bond donors (Lipinski definition) is 1. The standard InChI is InChI=1S/C34H32N2O5/c1-20-14-24(30-28(16-20)36-33(40-30)23-8-12-27(39-5)13-9-23)18-34(3)19-25-15-21(2)17-29(31(25)41-34)35-32(37)22-6-10-26(38-4)11-7-22/h6-17H,18-19H2,1-5H3,(H,35,37). The van der Waals surface area contributed by atoms with Gasteiger partial charge in [-0.15, -0.1) is 0 Å². The Morgan fingerprint density at radius 3 is 2.27 bits per heavy atom. The van der Waals surface area contributed by atoms with Crippen molar-refractivity contribution in [3.8, 4) is 28.7 Å². The van der Waals surface area contributed by atoms with Crippen molar-refractivity contribution < 1.29 is 23.4 Å². The van der Waals surface area contributed by atoms with Crippen molar-refractivity contribution in [2.24, 2.45) is 0 Å². The molecule has 7 nitrogen and oxygen atoms in total. The summed E-state index contributed by atoms with van der Waals surface area (Å²) < 4.78 is 23.5. The van der Waals surface area contributed by atoms with E-state index in [1.165, 1.54) is 0 Å². The summed E-state index contributed by atoms with van der Waals surface area (Å²) in [6.45, 7) is 6.19. The normalized spacial score (nSPS) is 15.8. The van der Waals surface area contributed by atoms with Gasteiger partial charge in [-0.05, 0) is 92.6 Å². The molecule has 7 heteroatoms. The molecule has 2 heterocycles. The number of nitrogens with zero attached hydrogens (tertiary/aromatic N) is 1. The van der Waals surface area contributed by atoms with Gasteiger partial charge in [-0.25, -0.2) is 4.98 Å². The lowest BCUT2D eigenvalue weighted by Gasteiger charge is -2.25. The maximum absolute atomic E-state index is 13.1. The number of hydrogen-bond acceptors (Lipinski definition) is 6. The maximum atomic E-state index is 13.1. The number of carbonyl (C=O) groups excluding carboxylic acids is 1. The van der Waals surface area contributed by atoms with Gasteiger partial charge in [0.2, 0.25) is 5.89 Å². The molecular weight excluding hydrogens is 516 g/mol. The number of methoxy groups -OCH3 is 2. The van der Waals surface area contributed by atoms with E-state index in [1.54, 1.807) is 38.5 Å². The Hall–Kier alpha value is -4.78. The molecule has 1 amide bonds. The smallest absolute Gasteiger partial charge is 0.255 e. The summed E-state index contributed by atoms with van der Waals surface area (Å²) in [5, 5.41) is 3.06. The molecule has 1 aliphatic rings. The number of oxazole rings is 1. The van der Waals surface area contributed by atoms with E-state index in [-0.39, 0.29) is 5.91 Å². The quantitative estimate of drug-likeness (QED) is 0.230. The summed E-state index contributed by atoms with van der Waals surface area (Å²) in [5.74, 6) is 2.55. The van der Waals surface area contributed by atoms with Crippen LogP contribution in [0.2, 0.25) is 0 Å². The van der Waals surface area contributed by atoms with Crippen LogP contribution in [-0.2, 0) is 12.8 Å². The van der Waals surface area contributed by atoms with Crippen LogP contribution in [0, 0.1) is 13.8 Å². The second kappa shape index (κ2) is 10.3. The van der Waals surface area contributed by atoms with Gasteiger partial charge in [-0.1, -0.05) is 12.1 Å². The van der Waals surface area contributed by atoms with Gasteiger partial charge in [0.1, 0.15) is 28.4 Å². The van der Waals surface area contributed by atoms with E-state index in [4.69, 9.17) is 23.6 Å². The third kappa shape index (κ3) is 5.23. The van der Waals surface area contributed by atoms with Gasteiger partial charge in [0.25, 0.3) is 5.91 Å². The molecule has 0 saturated heterocycles. The molecule has 5 aromatic rings. The first-order chi connectivity index (χ1) is 19.7. The lowest BCUT2D eigenvalue weighted by Crippen LogP contribution is -2.33. The zero-order valence-electron chi connectivity index (χ0n) is 23.8. The van der Waals surface area contributed by atoms with Gasteiger partial charge in [0.15, 0.2) is 5.58 Å². The van der Waals surface area contributed by atoms with Crippen LogP contribution in [0.5, 0.6) is 17.2 Å². The van der Waals surface area contributed by atoms with Crippen LogP contribution in [0.15, 0.2) is 77.2 Å². The van der Waals surface area contributed by atoms with Crippen LogP contribution >= 0.6 is 0 Å². The molecule has 0 spiro atoms. The Bertz CT molecular complexity index is 1760. The van der Waals surface area contributed by atoms with E-state index >= 15 is 0 Å². The molecule has 41 heavy (non-hydrogen) atoms. The highest BCUT2D eigenvalue weighted by Crippen LogP contribution is 2.44. The van der Waals surface area contributed by atoms with Crippen molar-refractivity contribution in [2.45, 2.75) is 39.2 Å². The Morgan fingerprint density at radius 2 is 1.59 bits per heavy atom. The van der Waals surface area contributed by atoms with Crippen molar-refractivity contribution in [3.63, 3.8) is 0 Å². The zero-order valence-corrected chi connectivity index (χ0v) is 23.8. The first kappa shape index (κ1) is 26.4. The average molecular weight is 549 g/mol. The molecule has 1 atom stereocenters. The van der Waals surface area contributed by atoms with E-state index in [0.29, 0.717) is 41.5 Å². The Labute approximate surface area is 239 Å². The lowest BCUT2D eigenvalue weighted by molar-refractivity contribution is 0.102. The van der Waals surface area contributed by atoms with E-state index in [2.05, 4.69) is 31.3 Å². The second-order valence-corrected chi connectivity index (χ2v) is 10.9. The largest absolute Gasteiger partial charge is 0.497 e. The van der Waals surface area contributed by atoms with Gasteiger partial charge in [0, 0.05) is 35.1 Å².